The van der Waals surface area contributed by atoms with Crippen molar-refractivity contribution in [1.29, 1.82) is 0 Å². The maximum Gasteiger partial charge on any atom is 0.160 e. The Morgan fingerprint density at radius 2 is 0.742 bits per heavy atom. The van der Waals surface area contributed by atoms with Gasteiger partial charge in [0.2, 0.25) is 0 Å². The van der Waals surface area contributed by atoms with Crippen LogP contribution in [-0.4, -0.2) is 19.1 Å². The van der Waals surface area contributed by atoms with Gasteiger partial charge in [-0.15, -0.1) is 0 Å². The number of fused-ring (bicyclic) bond motifs is 6. The van der Waals surface area contributed by atoms with Gasteiger partial charge in [0.05, 0.1) is 33.5 Å². The van der Waals surface area contributed by atoms with E-state index in [0.29, 0.717) is 5.82 Å². The van der Waals surface area contributed by atoms with E-state index in [-0.39, 0.29) is 0 Å². The van der Waals surface area contributed by atoms with Crippen LogP contribution in [0.25, 0.3) is 111 Å². The van der Waals surface area contributed by atoms with Crippen LogP contribution in [0.2, 0.25) is 0 Å². The third kappa shape index (κ3) is 6.00. The molecule has 3 heterocycles. The molecule has 12 aromatic rings. The van der Waals surface area contributed by atoms with E-state index < -0.39 is 0 Å². The van der Waals surface area contributed by atoms with E-state index in [2.05, 4.69) is 221 Å². The summed E-state index contributed by atoms with van der Waals surface area (Å²) >= 11 is 0. The number of hydrogen-bond acceptors (Lipinski definition) is 2. The molecule has 12 rings (SSSR count). The molecule has 0 aliphatic rings. The highest BCUT2D eigenvalue weighted by molar-refractivity contribution is 6.19. The molecular weight excluding hydrogens is 753 g/mol. The van der Waals surface area contributed by atoms with Crippen LogP contribution in [0.4, 0.5) is 0 Å². The Morgan fingerprint density at radius 3 is 1.44 bits per heavy atom. The standard InChI is InChI=1S/C58H38N4/c1-4-18-39(19-5-1)46-28-10-11-29-47(46)53-37-52(59-58(60-53)40-20-6-2-7-21-40)43-24-16-22-41(34-43)42-23-17-27-45(35-42)62-55-33-15-13-31-49(55)51-36-50-48-30-12-14-32-54(48)61(56(50)38-57(51)62)44-25-8-3-9-26-44/h1-38H. The molecule has 0 bridgehead atoms. The van der Waals surface area contributed by atoms with Crippen LogP contribution in [0.1, 0.15) is 0 Å². The molecule has 3 aromatic heterocycles. The molecule has 62 heavy (non-hydrogen) atoms. The van der Waals surface area contributed by atoms with E-state index >= 15 is 0 Å². The van der Waals surface area contributed by atoms with Crippen LogP contribution in [-0.2, 0) is 0 Å². The van der Waals surface area contributed by atoms with Gasteiger partial charge in [0.25, 0.3) is 0 Å². The summed E-state index contributed by atoms with van der Waals surface area (Å²) in [7, 11) is 0. The van der Waals surface area contributed by atoms with Crippen molar-refractivity contribution < 1.29 is 0 Å². The maximum absolute atomic E-state index is 5.22. The fourth-order valence-electron chi connectivity index (χ4n) is 9.27. The van der Waals surface area contributed by atoms with Crippen LogP contribution < -0.4 is 0 Å². The number of nitrogens with zero attached hydrogens (tertiary/aromatic N) is 4. The number of benzene rings is 9. The van der Waals surface area contributed by atoms with Gasteiger partial charge in [-0.1, -0.05) is 170 Å². The van der Waals surface area contributed by atoms with Crippen LogP contribution in [0.3, 0.4) is 0 Å². The lowest BCUT2D eigenvalue weighted by Gasteiger charge is -2.14. The predicted molar refractivity (Wildman–Crippen MR) is 258 cm³/mol. The van der Waals surface area contributed by atoms with Crippen molar-refractivity contribution in [2.45, 2.75) is 0 Å². The monoisotopic (exact) mass is 790 g/mol. The van der Waals surface area contributed by atoms with Gasteiger partial charge in [0, 0.05) is 49.6 Å². The summed E-state index contributed by atoms with van der Waals surface area (Å²) in [4.78, 5) is 10.4. The minimum absolute atomic E-state index is 0.695. The molecule has 4 nitrogen and oxygen atoms in total. The minimum atomic E-state index is 0.695. The predicted octanol–water partition coefficient (Wildman–Crippen LogP) is 15.0. The lowest BCUT2D eigenvalue weighted by Crippen LogP contribution is -1.97. The first-order valence-electron chi connectivity index (χ1n) is 21.1. The Balaban J connectivity index is 1.01. The Hall–Kier alpha value is -8.34. The summed E-state index contributed by atoms with van der Waals surface area (Å²) < 4.78 is 4.83. The lowest BCUT2D eigenvalue weighted by molar-refractivity contribution is 1.16. The summed E-state index contributed by atoms with van der Waals surface area (Å²) in [6, 6.07) is 82.1. The van der Waals surface area contributed by atoms with E-state index in [1.54, 1.807) is 0 Å². The Bertz CT molecular complexity index is 3620. The molecule has 0 aliphatic carbocycles. The molecule has 290 valence electrons. The summed E-state index contributed by atoms with van der Waals surface area (Å²) in [5, 5.41) is 4.96. The van der Waals surface area contributed by atoms with Gasteiger partial charge >= 0.3 is 0 Å². The summed E-state index contributed by atoms with van der Waals surface area (Å²) in [5.74, 6) is 0.695. The zero-order valence-electron chi connectivity index (χ0n) is 33.7. The molecular formula is C58H38N4. The highest BCUT2D eigenvalue weighted by Gasteiger charge is 2.19. The molecule has 4 heteroatoms. The first kappa shape index (κ1) is 35.6. The zero-order chi connectivity index (χ0) is 41.0. The van der Waals surface area contributed by atoms with Crippen LogP contribution >= 0.6 is 0 Å². The Labute approximate surface area is 359 Å². The maximum atomic E-state index is 5.22. The van der Waals surface area contributed by atoms with E-state index in [4.69, 9.17) is 9.97 Å². The second-order valence-electron chi connectivity index (χ2n) is 15.8. The van der Waals surface area contributed by atoms with Crippen molar-refractivity contribution in [3.63, 3.8) is 0 Å². The largest absolute Gasteiger partial charge is 0.309 e. The van der Waals surface area contributed by atoms with Gasteiger partial charge in [0.15, 0.2) is 5.82 Å². The fraction of sp³-hybridized carbons (Fsp3) is 0. The molecule has 0 atom stereocenters. The second kappa shape index (κ2) is 14.7. The van der Waals surface area contributed by atoms with Crippen LogP contribution in [0.5, 0.6) is 0 Å². The van der Waals surface area contributed by atoms with Crippen molar-refractivity contribution in [2.24, 2.45) is 0 Å². The van der Waals surface area contributed by atoms with Crippen molar-refractivity contribution in [1.82, 2.24) is 19.1 Å². The first-order chi connectivity index (χ1) is 30.7. The van der Waals surface area contributed by atoms with Crippen molar-refractivity contribution in [2.75, 3.05) is 0 Å². The molecule has 9 aromatic carbocycles. The van der Waals surface area contributed by atoms with Crippen molar-refractivity contribution in [3.8, 4) is 67.5 Å². The molecule has 0 unspecified atom stereocenters. The SMILES string of the molecule is c1ccc(-c2nc(-c3cccc(-c4cccc(-n5c6ccccc6c6cc7c8ccccc8n(-c8ccccc8)c7cc65)c4)c3)cc(-c3ccccc3-c3ccccc3)n2)cc1. The quantitative estimate of drug-likeness (QED) is 0.161. The smallest absolute Gasteiger partial charge is 0.160 e. The van der Waals surface area contributed by atoms with E-state index in [9.17, 15) is 0 Å². The van der Waals surface area contributed by atoms with E-state index in [0.717, 1.165) is 61.7 Å². The third-order valence-electron chi connectivity index (χ3n) is 12.1. The minimum Gasteiger partial charge on any atom is -0.309 e. The molecule has 0 amide bonds. The number of hydrogen-bond donors (Lipinski definition) is 0. The van der Waals surface area contributed by atoms with E-state index in [1.807, 2.05) is 18.2 Å². The number of aromatic nitrogens is 4. The molecule has 0 radical (unpaired) electrons. The first-order valence-corrected chi connectivity index (χ1v) is 21.1. The fourth-order valence-corrected chi connectivity index (χ4v) is 9.27. The number of rotatable bonds is 7. The van der Waals surface area contributed by atoms with E-state index in [1.165, 1.54) is 43.6 Å². The van der Waals surface area contributed by atoms with Gasteiger partial charge in [-0.05, 0) is 82.9 Å². The highest BCUT2D eigenvalue weighted by atomic mass is 15.0. The van der Waals surface area contributed by atoms with Gasteiger partial charge in [-0.2, -0.15) is 0 Å². The summed E-state index contributed by atoms with van der Waals surface area (Å²) in [5.41, 5.74) is 16.3. The molecule has 0 saturated heterocycles. The van der Waals surface area contributed by atoms with Gasteiger partial charge < -0.3 is 9.13 Å². The zero-order valence-corrected chi connectivity index (χ0v) is 33.7. The van der Waals surface area contributed by atoms with Crippen LogP contribution in [0.15, 0.2) is 231 Å². The molecule has 0 aliphatic heterocycles. The van der Waals surface area contributed by atoms with Gasteiger partial charge in [-0.3, -0.25) is 0 Å². The topological polar surface area (TPSA) is 35.6 Å². The van der Waals surface area contributed by atoms with Gasteiger partial charge in [-0.25, -0.2) is 9.97 Å². The normalized spacial score (nSPS) is 11.5. The summed E-state index contributed by atoms with van der Waals surface area (Å²) in [6.45, 7) is 0. The molecule has 0 fully saturated rings. The molecule has 0 spiro atoms. The third-order valence-corrected chi connectivity index (χ3v) is 12.1. The summed E-state index contributed by atoms with van der Waals surface area (Å²) in [6.07, 6.45) is 0. The van der Waals surface area contributed by atoms with Gasteiger partial charge in [0.1, 0.15) is 0 Å². The average molecular weight is 791 g/mol. The molecule has 0 N–H and O–H groups in total. The van der Waals surface area contributed by atoms with Crippen molar-refractivity contribution >= 4 is 43.6 Å². The Kier molecular flexibility index (Phi) is 8.46. The van der Waals surface area contributed by atoms with Crippen molar-refractivity contribution in [3.05, 3.63) is 231 Å². The lowest BCUT2D eigenvalue weighted by atomic mass is 9.96. The highest BCUT2D eigenvalue weighted by Crippen LogP contribution is 2.41. The number of para-hydroxylation sites is 3. The second-order valence-corrected chi connectivity index (χ2v) is 15.8. The molecule has 0 saturated carbocycles. The average Bonchev–Trinajstić information content (AvgIpc) is 3.86. The van der Waals surface area contributed by atoms with Crippen LogP contribution in [0, 0.1) is 0 Å². The Morgan fingerprint density at radius 1 is 0.258 bits per heavy atom.